The molecular weight excluding hydrogens is 334 g/mol. The summed E-state index contributed by atoms with van der Waals surface area (Å²) < 4.78 is 22.8. The van der Waals surface area contributed by atoms with Crippen LogP contribution in [-0.2, 0) is 14.2 Å². The van der Waals surface area contributed by atoms with Crippen LogP contribution in [0.4, 0.5) is 0 Å². The maximum atomic E-state index is 12.5. The highest BCUT2D eigenvalue weighted by Crippen LogP contribution is 2.33. The lowest BCUT2D eigenvalue weighted by molar-refractivity contribution is -0.261. The zero-order valence-electron chi connectivity index (χ0n) is 14.3. The predicted octanol–water partition coefficient (Wildman–Crippen LogP) is 3.06. The molecule has 0 N–H and O–H groups in total. The first-order chi connectivity index (χ1) is 12.7. The number of aromatic nitrogens is 1. The van der Waals surface area contributed by atoms with Crippen LogP contribution < -0.4 is 4.74 Å². The standard InChI is InChI=1S/C20H19NO5/c1-23-14-7-5-13(6-8-14)20-24-12-18-16(26-20)9-10-17(25-18)19(22)15-4-2-3-11-21-15/h2-8,10-11,16,18,20H,9,12H2,1H3/t16-,18+,20?/m0/s1. The lowest BCUT2D eigenvalue weighted by Gasteiger charge is -2.38. The molecule has 0 aliphatic carbocycles. The molecule has 3 atom stereocenters. The molecule has 3 heterocycles. The van der Waals surface area contributed by atoms with Crippen molar-refractivity contribution in [1.29, 1.82) is 0 Å². The van der Waals surface area contributed by atoms with Gasteiger partial charge in [0.15, 0.2) is 12.0 Å². The fourth-order valence-corrected chi connectivity index (χ4v) is 3.03. The predicted molar refractivity (Wildman–Crippen MR) is 92.7 cm³/mol. The number of rotatable bonds is 4. The number of methoxy groups -OCH3 is 1. The Hall–Kier alpha value is -2.70. The van der Waals surface area contributed by atoms with E-state index in [0.29, 0.717) is 24.5 Å². The van der Waals surface area contributed by atoms with E-state index in [1.807, 2.05) is 24.3 Å². The molecule has 26 heavy (non-hydrogen) atoms. The maximum absolute atomic E-state index is 12.5. The Morgan fingerprint density at radius 3 is 2.73 bits per heavy atom. The summed E-state index contributed by atoms with van der Waals surface area (Å²) in [4.78, 5) is 16.6. The fourth-order valence-electron chi connectivity index (χ4n) is 3.03. The molecule has 0 saturated carbocycles. The zero-order chi connectivity index (χ0) is 17.9. The molecule has 1 fully saturated rings. The number of carbonyl (C=O) groups is 1. The number of ether oxygens (including phenoxy) is 4. The molecule has 4 rings (SSSR count). The minimum atomic E-state index is -0.452. The topological polar surface area (TPSA) is 66.9 Å². The van der Waals surface area contributed by atoms with Crippen LogP contribution in [0.2, 0.25) is 0 Å². The van der Waals surface area contributed by atoms with Crippen LogP contribution >= 0.6 is 0 Å². The Labute approximate surface area is 151 Å². The number of allylic oxidation sites excluding steroid dienone is 1. The van der Waals surface area contributed by atoms with Crippen molar-refractivity contribution in [2.75, 3.05) is 13.7 Å². The molecular formula is C20H19NO5. The van der Waals surface area contributed by atoms with Crippen LogP contribution in [0.3, 0.4) is 0 Å². The van der Waals surface area contributed by atoms with Gasteiger partial charge in [0, 0.05) is 11.8 Å². The number of benzene rings is 1. The molecule has 2 aliphatic rings. The molecule has 1 aromatic heterocycles. The normalized spacial score (nSPS) is 24.8. The highest BCUT2D eigenvalue weighted by molar-refractivity contribution is 6.05. The second-order valence-electron chi connectivity index (χ2n) is 6.12. The van der Waals surface area contributed by atoms with Gasteiger partial charge in [-0.15, -0.1) is 0 Å². The van der Waals surface area contributed by atoms with Gasteiger partial charge < -0.3 is 18.9 Å². The van der Waals surface area contributed by atoms with Gasteiger partial charge in [0.2, 0.25) is 5.78 Å². The van der Waals surface area contributed by atoms with E-state index in [4.69, 9.17) is 18.9 Å². The highest BCUT2D eigenvalue weighted by Gasteiger charge is 2.37. The van der Waals surface area contributed by atoms with E-state index < -0.39 is 6.29 Å². The van der Waals surface area contributed by atoms with Gasteiger partial charge in [-0.2, -0.15) is 0 Å². The number of ketones is 1. The van der Waals surface area contributed by atoms with Gasteiger partial charge in [-0.1, -0.05) is 18.2 Å². The van der Waals surface area contributed by atoms with Crippen molar-refractivity contribution in [2.45, 2.75) is 24.9 Å². The zero-order valence-corrected chi connectivity index (χ0v) is 14.3. The average molecular weight is 353 g/mol. The molecule has 0 spiro atoms. The number of pyridine rings is 1. The van der Waals surface area contributed by atoms with Crippen molar-refractivity contribution in [3.05, 3.63) is 71.8 Å². The van der Waals surface area contributed by atoms with E-state index in [1.54, 1.807) is 37.6 Å². The third kappa shape index (κ3) is 3.34. The van der Waals surface area contributed by atoms with E-state index in [9.17, 15) is 4.79 Å². The lowest BCUT2D eigenvalue weighted by Crippen LogP contribution is -2.44. The molecule has 2 aliphatic heterocycles. The quantitative estimate of drug-likeness (QED) is 0.787. The van der Waals surface area contributed by atoms with E-state index in [0.717, 1.165) is 11.3 Å². The summed E-state index contributed by atoms with van der Waals surface area (Å²) in [6.45, 7) is 0.355. The van der Waals surface area contributed by atoms with E-state index in [2.05, 4.69) is 4.98 Å². The average Bonchev–Trinajstić information content (AvgIpc) is 2.73. The Morgan fingerprint density at radius 2 is 2.00 bits per heavy atom. The van der Waals surface area contributed by atoms with E-state index in [-0.39, 0.29) is 18.0 Å². The summed E-state index contributed by atoms with van der Waals surface area (Å²) in [6, 6.07) is 12.8. The molecule has 1 saturated heterocycles. The molecule has 0 radical (unpaired) electrons. The number of hydrogen-bond donors (Lipinski definition) is 0. The SMILES string of the molecule is COc1ccc(C2OC[C@H]3OC(C(=O)c4ccccn4)=CC[C@@H]3O2)cc1. The molecule has 0 bridgehead atoms. The van der Waals surface area contributed by atoms with E-state index in [1.165, 1.54) is 0 Å². The number of carbonyl (C=O) groups excluding carboxylic acids is 1. The molecule has 0 amide bonds. The van der Waals surface area contributed by atoms with Crippen LogP contribution in [0.15, 0.2) is 60.5 Å². The monoisotopic (exact) mass is 353 g/mol. The minimum absolute atomic E-state index is 0.156. The van der Waals surface area contributed by atoms with Crippen LogP contribution in [-0.4, -0.2) is 36.7 Å². The van der Waals surface area contributed by atoms with Crippen LogP contribution in [0.1, 0.15) is 28.8 Å². The van der Waals surface area contributed by atoms with Crippen molar-refractivity contribution in [3.8, 4) is 5.75 Å². The van der Waals surface area contributed by atoms with Gasteiger partial charge in [-0.25, -0.2) is 0 Å². The van der Waals surface area contributed by atoms with Crippen molar-refractivity contribution < 1.29 is 23.7 Å². The Bertz CT molecular complexity index is 803. The van der Waals surface area contributed by atoms with Gasteiger partial charge in [0.1, 0.15) is 23.7 Å². The van der Waals surface area contributed by atoms with Crippen molar-refractivity contribution in [1.82, 2.24) is 4.98 Å². The smallest absolute Gasteiger partial charge is 0.245 e. The van der Waals surface area contributed by atoms with Crippen LogP contribution in [0.25, 0.3) is 0 Å². The minimum Gasteiger partial charge on any atom is -0.497 e. The second kappa shape index (κ2) is 7.27. The first-order valence-electron chi connectivity index (χ1n) is 8.48. The van der Waals surface area contributed by atoms with E-state index >= 15 is 0 Å². The van der Waals surface area contributed by atoms with Crippen molar-refractivity contribution in [3.63, 3.8) is 0 Å². The molecule has 6 nitrogen and oxygen atoms in total. The van der Waals surface area contributed by atoms with Gasteiger partial charge in [-0.05, 0) is 36.8 Å². The number of nitrogens with zero attached hydrogens (tertiary/aromatic N) is 1. The molecule has 2 aromatic rings. The summed E-state index contributed by atoms with van der Waals surface area (Å²) >= 11 is 0. The van der Waals surface area contributed by atoms with Crippen LogP contribution in [0.5, 0.6) is 5.75 Å². The molecule has 1 unspecified atom stereocenters. The van der Waals surface area contributed by atoms with Gasteiger partial charge in [0.05, 0.1) is 13.7 Å². The summed E-state index contributed by atoms with van der Waals surface area (Å²) in [6.07, 6.45) is 3.04. The fraction of sp³-hybridized carbons (Fsp3) is 0.300. The van der Waals surface area contributed by atoms with Gasteiger partial charge in [0.25, 0.3) is 0 Å². The summed E-state index contributed by atoms with van der Waals surface area (Å²) in [5.74, 6) is 0.866. The lowest BCUT2D eigenvalue weighted by atomic mass is 10.0. The first-order valence-corrected chi connectivity index (χ1v) is 8.48. The van der Waals surface area contributed by atoms with Crippen molar-refractivity contribution in [2.24, 2.45) is 0 Å². The number of fused-ring (bicyclic) bond motifs is 1. The third-order valence-electron chi connectivity index (χ3n) is 4.45. The largest absolute Gasteiger partial charge is 0.497 e. The summed E-state index contributed by atoms with van der Waals surface area (Å²) in [5, 5.41) is 0. The Morgan fingerprint density at radius 1 is 1.15 bits per heavy atom. The molecule has 134 valence electrons. The molecule has 6 heteroatoms. The molecule has 1 aromatic carbocycles. The summed E-state index contributed by atoms with van der Waals surface area (Å²) in [7, 11) is 1.63. The summed E-state index contributed by atoms with van der Waals surface area (Å²) in [5.41, 5.74) is 1.29. The highest BCUT2D eigenvalue weighted by atomic mass is 16.7. The number of hydrogen-bond acceptors (Lipinski definition) is 6. The van der Waals surface area contributed by atoms with Crippen molar-refractivity contribution >= 4 is 5.78 Å². The Balaban J connectivity index is 1.44. The van der Waals surface area contributed by atoms with Gasteiger partial charge >= 0.3 is 0 Å². The first kappa shape index (κ1) is 16.8. The van der Waals surface area contributed by atoms with Gasteiger partial charge in [-0.3, -0.25) is 9.78 Å². The maximum Gasteiger partial charge on any atom is 0.245 e. The second-order valence-corrected chi connectivity index (χ2v) is 6.12. The van der Waals surface area contributed by atoms with Crippen LogP contribution in [0, 0.1) is 0 Å². The number of Topliss-reactive ketones (excluding diaryl/α,β-unsaturated/α-hetero) is 1. The third-order valence-corrected chi connectivity index (χ3v) is 4.45. The Kier molecular flexibility index (Phi) is 4.69.